The number of nitrogens with zero attached hydrogens (tertiary/aromatic N) is 1. The lowest BCUT2D eigenvalue weighted by Crippen LogP contribution is -2.27. The SMILES string of the molecule is Cc1ccc(Br)cc1S(=O)(=O)NC(C)c1cccnc1. The Morgan fingerprint density at radius 2 is 2.05 bits per heavy atom. The van der Waals surface area contributed by atoms with Gasteiger partial charge in [0.25, 0.3) is 0 Å². The molecule has 0 aliphatic heterocycles. The van der Waals surface area contributed by atoms with Gasteiger partial charge >= 0.3 is 0 Å². The van der Waals surface area contributed by atoms with Crippen molar-refractivity contribution < 1.29 is 8.42 Å². The lowest BCUT2D eigenvalue weighted by atomic mass is 10.2. The average Bonchev–Trinajstić information content (AvgIpc) is 2.42. The van der Waals surface area contributed by atoms with Crippen molar-refractivity contribution in [2.24, 2.45) is 0 Å². The molecule has 20 heavy (non-hydrogen) atoms. The van der Waals surface area contributed by atoms with Crippen LogP contribution in [0.4, 0.5) is 0 Å². The highest BCUT2D eigenvalue weighted by Gasteiger charge is 2.20. The van der Waals surface area contributed by atoms with E-state index in [0.717, 1.165) is 10.0 Å². The van der Waals surface area contributed by atoms with Crippen molar-refractivity contribution in [3.8, 4) is 0 Å². The molecule has 4 nitrogen and oxygen atoms in total. The van der Waals surface area contributed by atoms with Crippen LogP contribution in [0.25, 0.3) is 0 Å². The molecule has 6 heteroatoms. The van der Waals surface area contributed by atoms with E-state index >= 15 is 0 Å². The minimum Gasteiger partial charge on any atom is -0.264 e. The molecule has 1 unspecified atom stereocenters. The summed E-state index contributed by atoms with van der Waals surface area (Å²) >= 11 is 3.30. The van der Waals surface area contributed by atoms with E-state index in [4.69, 9.17) is 0 Å². The van der Waals surface area contributed by atoms with Gasteiger partial charge < -0.3 is 0 Å². The smallest absolute Gasteiger partial charge is 0.241 e. The average molecular weight is 355 g/mol. The van der Waals surface area contributed by atoms with E-state index in [-0.39, 0.29) is 10.9 Å². The summed E-state index contributed by atoms with van der Waals surface area (Å²) < 4.78 is 28.3. The van der Waals surface area contributed by atoms with Gasteiger partial charge in [0.15, 0.2) is 0 Å². The summed E-state index contributed by atoms with van der Waals surface area (Å²) in [7, 11) is -3.57. The molecular weight excluding hydrogens is 340 g/mol. The molecule has 0 saturated carbocycles. The third-order valence-corrected chi connectivity index (χ3v) is 5.13. The van der Waals surface area contributed by atoms with Crippen molar-refractivity contribution in [2.75, 3.05) is 0 Å². The Kier molecular flexibility index (Phi) is 4.57. The molecule has 0 aliphatic carbocycles. The quantitative estimate of drug-likeness (QED) is 0.916. The van der Waals surface area contributed by atoms with Crippen LogP contribution in [0.3, 0.4) is 0 Å². The first-order chi connectivity index (χ1) is 9.40. The van der Waals surface area contributed by atoms with E-state index in [1.165, 1.54) is 0 Å². The van der Waals surface area contributed by atoms with Crippen LogP contribution in [0.5, 0.6) is 0 Å². The van der Waals surface area contributed by atoms with Gasteiger partial charge in [-0.15, -0.1) is 0 Å². The fourth-order valence-corrected chi connectivity index (χ4v) is 3.87. The number of aromatic nitrogens is 1. The summed E-state index contributed by atoms with van der Waals surface area (Å²) in [6, 6.07) is 8.48. The van der Waals surface area contributed by atoms with Crippen LogP contribution in [0.1, 0.15) is 24.1 Å². The first-order valence-corrected chi connectivity index (χ1v) is 8.36. The standard InChI is InChI=1S/C14H15BrN2O2S/c1-10-5-6-13(15)8-14(10)20(18,19)17-11(2)12-4-3-7-16-9-12/h3-9,11,17H,1-2H3. The van der Waals surface area contributed by atoms with E-state index in [1.54, 1.807) is 44.4 Å². The number of hydrogen-bond acceptors (Lipinski definition) is 3. The van der Waals surface area contributed by atoms with Crippen LogP contribution in [-0.4, -0.2) is 13.4 Å². The molecule has 1 atom stereocenters. The van der Waals surface area contributed by atoms with E-state index in [1.807, 2.05) is 12.1 Å². The molecule has 106 valence electrons. The number of pyridine rings is 1. The van der Waals surface area contributed by atoms with Crippen molar-refractivity contribution in [1.82, 2.24) is 9.71 Å². The Morgan fingerprint density at radius 3 is 2.70 bits per heavy atom. The minimum atomic E-state index is -3.57. The van der Waals surface area contributed by atoms with Gasteiger partial charge in [0.1, 0.15) is 0 Å². The molecule has 0 radical (unpaired) electrons. The minimum absolute atomic E-state index is 0.280. The van der Waals surface area contributed by atoms with Gasteiger partial charge in [0.05, 0.1) is 4.90 Å². The predicted molar refractivity (Wildman–Crippen MR) is 81.9 cm³/mol. The highest BCUT2D eigenvalue weighted by Crippen LogP contribution is 2.22. The van der Waals surface area contributed by atoms with Crippen molar-refractivity contribution in [3.63, 3.8) is 0 Å². The fraction of sp³-hybridized carbons (Fsp3) is 0.214. The summed E-state index contributed by atoms with van der Waals surface area (Å²) in [5, 5.41) is 0. The van der Waals surface area contributed by atoms with Crippen LogP contribution < -0.4 is 4.72 Å². The normalized spacial score (nSPS) is 13.2. The molecule has 2 rings (SSSR count). The zero-order valence-corrected chi connectivity index (χ0v) is 13.6. The second-order valence-electron chi connectivity index (χ2n) is 4.54. The van der Waals surface area contributed by atoms with E-state index in [0.29, 0.717) is 5.56 Å². The molecule has 0 spiro atoms. The third kappa shape index (κ3) is 3.45. The molecule has 0 saturated heterocycles. The largest absolute Gasteiger partial charge is 0.264 e. The number of benzene rings is 1. The van der Waals surface area contributed by atoms with Gasteiger partial charge in [0, 0.05) is 22.9 Å². The van der Waals surface area contributed by atoms with E-state index in [2.05, 4.69) is 25.6 Å². The summed E-state index contributed by atoms with van der Waals surface area (Å²) in [5.74, 6) is 0. The molecule has 0 aliphatic rings. The predicted octanol–water partition coefficient (Wildman–Crippen LogP) is 3.19. The topological polar surface area (TPSA) is 59.1 Å². The molecular formula is C14H15BrN2O2S. The Balaban J connectivity index is 2.30. The van der Waals surface area contributed by atoms with Crippen LogP contribution in [-0.2, 0) is 10.0 Å². The van der Waals surface area contributed by atoms with Crippen molar-refractivity contribution in [3.05, 3.63) is 58.3 Å². The number of aryl methyl sites for hydroxylation is 1. The Morgan fingerprint density at radius 1 is 1.30 bits per heavy atom. The fourth-order valence-electron chi connectivity index (χ4n) is 1.86. The Bertz CT molecular complexity index is 702. The maximum atomic E-state index is 12.4. The second-order valence-corrected chi connectivity index (χ2v) is 7.14. The number of hydrogen-bond donors (Lipinski definition) is 1. The zero-order valence-electron chi connectivity index (χ0n) is 11.2. The molecule has 0 fully saturated rings. The summed E-state index contributed by atoms with van der Waals surface area (Å²) in [4.78, 5) is 4.28. The molecule has 0 amide bonds. The molecule has 1 aromatic carbocycles. The van der Waals surface area contributed by atoms with Crippen LogP contribution >= 0.6 is 15.9 Å². The van der Waals surface area contributed by atoms with Crippen LogP contribution in [0, 0.1) is 6.92 Å². The summed E-state index contributed by atoms with van der Waals surface area (Å²) in [6.07, 6.45) is 3.31. The maximum Gasteiger partial charge on any atom is 0.241 e. The first kappa shape index (κ1) is 15.2. The molecule has 1 aromatic heterocycles. The molecule has 2 aromatic rings. The van der Waals surface area contributed by atoms with Crippen molar-refractivity contribution >= 4 is 26.0 Å². The number of halogens is 1. The second kappa shape index (κ2) is 6.03. The maximum absolute atomic E-state index is 12.4. The number of nitrogens with one attached hydrogen (secondary N) is 1. The molecule has 1 heterocycles. The van der Waals surface area contributed by atoms with Crippen LogP contribution in [0.15, 0.2) is 52.1 Å². The van der Waals surface area contributed by atoms with Crippen molar-refractivity contribution in [1.29, 1.82) is 0 Å². The summed E-state index contributed by atoms with van der Waals surface area (Å²) in [6.45, 7) is 3.57. The van der Waals surface area contributed by atoms with Crippen molar-refractivity contribution in [2.45, 2.75) is 24.8 Å². The summed E-state index contributed by atoms with van der Waals surface area (Å²) in [5.41, 5.74) is 1.53. The van der Waals surface area contributed by atoms with Gasteiger partial charge in [-0.25, -0.2) is 13.1 Å². The van der Waals surface area contributed by atoms with Gasteiger partial charge in [-0.3, -0.25) is 4.98 Å². The lowest BCUT2D eigenvalue weighted by molar-refractivity contribution is 0.566. The van der Waals surface area contributed by atoms with Gasteiger partial charge in [0.2, 0.25) is 10.0 Å². The van der Waals surface area contributed by atoms with Gasteiger partial charge in [-0.05, 0) is 43.2 Å². The molecule has 1 N–H and O–H groups in total. The monoisotopic (exact) mass is 354 g/mol. The van der Waals surface area contributed by atoms with Gasteiger partial charge in [-0.1, -0.05) is 28.1 Å². The van der Waals surface area contributed by atoms with E-state index in [9.17, 15) is 8.42 Å². The first-order valence-electron chi connectivity index (χ1n) is 6.08. The number of rotatable bonds is 4. The third-order valence-electron chi connectivity index (χ3n) is 2.96. The zero-order chi connectivity index (χ0) is 14.8. The lowest BCUT2D eigenvalue weighted by Gasteiger charge is -2.15. The van der Waals surface area contributed by atoms with Crippen LogP contribution in [0.2, 0.25) is 0 Å². The Hall–Kier alpha value is -1.24. The van der Waals surface area contributed by atoms with Gasteiger partial charge in [-0.2, -0.15) is 0 Å². The highest BCUT2D eigenvalue weighted by atomic mass is 79.9. The molecule has 0 bridgehead atoms. The Labute approximate surface area is 127 Å². The van der Waals surface area contributed by atoms with E-state index < -0.39 is 10.0 Å². The number of sulfonamides is 1. The highest BCUT2D eigenvalue weighted by molar-refractivity contribution is 9.10.